The number of ether oxygens (including phenoxy) is 4. The number of aliphatic hydroxyl groups is 1. The molecule has 0 bridgehead atoms. The highest BCUT2D eigenvalue weighted by Gasteiger charge is 2.39. The zero-order valence-electron chi connectivity index (χ0n) is 37.6. The van der Waals surface area contributed by atoms with Crippen molar-refractivity contribution < 1.29 is 45.7 Å². The van der Waals surface area contributed by atoms with E-state index in [4.69, 9.17) is 24.7 Å². The lowest BCUT2D eigenvalue weighted by Gasteiger charge is -2.26. The number of hydrogen-bond donors (Lipinski definition) is 4. The molecule has 352 valence electrons. The Balaban J connectivity index is 1.47. The third kappa shape index (κ3) is 11.3. The van der Waals surface area contributed by atoms with Crippen molar-refractivity contribution in [3.8, 4) is 39.8 Å². The van der Waals surface area contributed by atoms with E-state index in [1.54, 1.807) is 119 Å². The van der Waals surface area contributed by atoms with E-state index in [1.807, 2.05) is 0 Å². The number of nitrogens with two attached hydrogens (primary N) is 1. The summed E-state index contributed by atoms with van der Waals surface area (Å²) in [7, 11) is -5.22. The zero-order valence-corrected chi connectivity index (χ0v) is 39.3. The van der Waals surface area contributed by atoms with Gasteiger partial charge in [-0.1, -0.05) is 54.6 Å². The van der Waals surface area contributed by atoms with Gasteiger partial charge in [0.25, 0.3) is 0 Å². The molecule has 0 fully saturated rings. The molecule has 0 saturated heterocycles. The molecule has 7 rings (SSSR count). The lowest BCUT2D eigenvalue weighted by atomic mass is 9.98. The number of aromatic amines is 1. The first-order valence-electron chi connectivity index (χ1n) is 20.8. The van der Waals surface area contributed by atoms with Crippen LogP contribution >= 0.6 is 0 Å². The molecule has 67 heavy (non-hydrogen) atoms. The largest absolute Gasteiger partial charge is 0.497 e. The summed E-state index contributed by atoms with van der Waals surface area (Å²) in [5.41, 5.74) is 8.30. The van der Waals surface area contributed by atoms with Crippen LogP contribution in [0.3, 0.4) is 0 Å². The number of sulfonamides is 1. The van der Waals surface area contributed by atoms with Crippen LogP contribution in [0.15, 0.2) is 113 Å². The third-order valence-corrected chi connectivity index (χ3v) is 14.2. The van der Waals surface area contributed by atoms with E-state index in [2.05, 4.69) is 30.7 Å². The van der Waals surface area contributed by atoms with Gasteiger partial charge in [-0.25, -0.2) is 26.6 Å². The van der Waals surface area contributed by atoms with Gasteiger partial charge in [-0.15, -0.1) is 10.2 Å². The number of aliphatic hydroxyl groups excluding tert-OH is 1. The second-order valence-corrected chi connectivity index (χ2v) is 20.3. The van der Waals surface area contributed by atoms with Crippen LogP contribution in [0.1, 0.15) is 37.5 Å². The maximum Gasteiger partial charge on any atom is 0.407 e. The van der Waals surface area contributed by atoms with Crippen molar-refractivity contribution in [1.29, 1.82) is 0 Å². The topological polar surface area (TPSA) is 256 Å². The van der Waals surface area contributed by atoms with Crippen molar-refractivity contribution in [3.63, 3.8) is 0 Å². The monoisotopic (exact) mass is 953 g/mol. The van der Waals surface area contributed by atoms with Crippen LogP contribution in [0.2, 0.25) is 0 Å². The second kappa shape index (κ2) is 19.8. The van der Waals surface area contributed by atoms with Gasteiger partial charge in [0.15, 0.2) is 15.8 Å². The molecule has 1 atom stereocenters. The average molecular weight is 954 g/mol. The van der Waals surface area contributed by atoms with E-state index in [9.17, 15) is 18.3 Å². The number of H-pyrrole nitrogens is 1. The summed E-state index contributed by atoms with van der Waals surface area (Å²) in [6, 6.07) is 28.4. The Hall–Kier alpha value is -7.07. The third-order valence-electron chi connectivity index (χ3n) is 10.4. The predicted octanol–water partition coefficient (Wildman–Crippen LogP) is 5.59. The highest BCUT2D eigenvalue weighted by molar-refractivity contribution is 7.93. The van der Waals surface area contributed by atoms with E-state index < -0.39 is 59.7 Å². The Kier molecular flexibility index (Phi) is 14.2. The molecule has 0 aliphatic carbocycles. The van der Waals surface area contributed by atoms with Crippen molar-refractivity contribution in [3.05, 3.63) is 120 Å². The summed E-state index contributed by atoms with van der Waals surface area (Å²) in [6.45, 7) is 4.02. The Morgan fingerprint density at radius 2 is 1.37 bits per heavy atom. The molecule has 0 saturated carbocycles. The highest BCUT2D eigenvalue weighted by atomic mass is 32.2. The molecule has 0 aliphatic rings. The van der Waals surface area contributed by atoms with Gasteiger partial charge in [0.05, 0.1) is 61.2 Å². The molecular weight excluding hydrogens is 903 g/mol. The van der Waals surface area contributed by atoms with Crippen molar-refractivity contribution in [2.24, 2.45) is 0 Å². The Bertz CT molecular complexity index is 3030. The van der Waals surface area contributed by atoms with Crippen LogP contribution in [0.4, 0.5) is 10.7 Å². The number of sulfone groups is 1. The van der Waals surface area contributed by atoms with Gasteiger partial charge in [0.2, 0.25) is 15.8 Å². The van der Waals surface area contributed by atoms with Crippen LogP contribution in [-0.2, 0) is 44.2 Å². The number of imidazole rings is 1. The second-order valence-electron chi connectivity index (χ2n) is 16.4. The number of fused-ring (bicyclic) bond motifs is 1. The van der Waals surface area contributed by atoms with Gasteiger partial charge in [0.1, 0.15) is 27.7 Å². The van der Waals surface area contributed by atoms with Crippen molar-refractivity contribution in [2.75, 3.05) is 39.4 Å². The Morgan fingerprint density at radius 3 is 1.93 bits per heavy atom. The van der Waals surface area contributed by atoms with Gasteiger partial charge < -0.3 is 40.1 Å². The van der Waals surface area contributed by atoms with Crippen LogP contribution in [0, 0.1) is 0 Å². The fraction of sp³-hybridized carbons (Fsp3) is 0.283. The molecule has 0 unspecified atom stereocenters. The van der Waals surface area contributed by atoms with Crippen molar-refractivity contribution >= 4 is 42.9 Å². The smallest absolute Gasteiger partial charge is 0.407 e. The summed E-state index contributed by atoms with van der Waals surface area (Å²) in [5.74, 6) is 0.534. The average Bonchev–Trinajstić information content (AvgIpc) is 3.93. The molecule has 1 amide bonds. The number of anilines is 1. The number of nitrogens with one attached hydrogen (secondary N) is 2. The standard InChI is InChI=1S/C46H51N9O10S2/c1-46(2,3)65-45(57)48-24-32(56)28-66(58,59)39-23-22-36(37-8-7-9-38-41(37)50-44(47)49-38)40(43-51-53-55(52-43)27-31-14-20-35(64-6)21-15-31)42(39)67(60,61)54(25-29-10-16-33(62-4)17-11-29)26-30-12-18-34(63-5)19-13-30/h7-23,32,56H,24-28H2,1-6H3,(H,48,57)(H3,47,49,50)/t32-/m1/s1. The summed E-state index contributed by atoms with van der Waals surface area (Å²) < 4.78 is 84.3. The molecule has 5 aromatic carbocycles. The maximum atomic E-state index is 16.0. The molecule has 21 heteroatoms. The molecule has 7 aromatic rings. The van der Waals surface area contributed by atoms with E-state index in [1.165, 1.54) is 31.1 Å². The first kappa shape index (κ1) is 47.9. The lowest BCUT2D eigenvalue weighted by molar-refractivity contribution is 0.0498. The number of nitrogens with zero attached hydrogens (tertiary/aromatic N) is 6. The van der Waals surface area contributed by atoms with Crippen molar-refractivity contribution in [2.45, 2.75) is 61.9 Å². The van der Waals surface area contributed by atoms with E-state index >= 15 is 8.42 Å². The molecule has 0 spiro atoms. The van der Waals surface area contributed by atoms with Crippen molar-refractivity contribution in [1.82, 2.24) is 39.8 Å². The maximum absolute atomic E-state index is 16.0. The highest BCUT2D eigenvalue weighted by Crippen LogP contribution is 2.43. The summed E-state index contributed by atoms with van der Waals surface area (Å²) in [5, 5.41) is 26.9. The molecule has 2 aromatic heterocycles. The SMILES string of the molecule is COc1ccc(CN(Cc2ccc(OC)cc2)S(=O)(=O)c2c(S(=O)(=O)C[C@H](O)CNC(=O)OC(C)(C)C)ccc(-c3cccc4[nH]c(N)nc34)c2-c2nnn(Cc3ccc(OC)cc3)n2)cc1. The van der Waals surface area contributed by atoms with Crippen LogP contribution in [-0.4, -0.2) is 108 Å². The molecule has 5 N–H and O–H groups in total. The number of rotatable bonds is 18. The first-order chi connectivity index (χ1) is 31.9. The summed E-state index contributed by atoms with van der Waals surface area (Å²) in [4.78, 5) is 19.9. The summed E-state index contributed by atoms with van der Waals surface area (Å²) >= 11 is 0. The number of nitrogen functional groups attached to an aromatic ring is 1. The molecule has 2 heterocycles. The minimum atomic E-state index is -5.00. The van der Waals surface area contributed by atoms with Crippen LogP contribution < -0.4 is 25.3 Å². The van der Waals surface area contributed by atoms with E-state index in [-0.39, 0.29) is 42.5 Å². The lowest BCUT2D eigenvalue weighted by Crippen LogP contribution is -2.39. The first-order valence-corrected chi connectivity index (χ1v) is 23.9. The zero-order chi connectivity index (χ0) is 48.1. The number of tetrazole rings is 1. The molecule has 0 radical (unpaired) electrons. The number of hydrogen-bond acceptors (Lipinski definition) is 15. The number of benzene rings is 5. The predicted molar refractivity (Wildman–Crippen MR) is 250 cm³/mol. The Morgan fingerprint density at radius 1 is 0.806 bits per heavy atom. The Labute approximate surface area is 387 Å². The molecule has 19 nitrogen and oxygen atoms in total. The number of alkyl carbamates (subject to hydrolysis) is 1. The van der Waals surface area contributed by atoms with Gasteiger partial charge >= 0.3 is 6.09 Å². The van der Waals surface area contributed by atoms with Gasteiger partial charge in [-0.05, 0) is 96.8 Å². The minimum Gasteiger partial charge on any atom is -0.497 e. The number of carbonyl (C=O) groups excluding carboxylic acids is 1. The number of para-hydroxylation sites is 1. The molecular formula is C46H51N9O10S2. The fourth-order valence-corrected chi connectivity index (χ4v) is 11.1. The quantitative estimate of drug-likeness (QED) is 0.0818. The number of carbonyl (C=O) groups is 1. The van der Waals surface area contributed by atoms with Gasteiger partial charge in [-0.2, -0.15) is 9.10 Å². The fourth-order valence-electron chi connectivity index (χ4n) is 7.23. The van der Waals surface area contributed by atoms with E-state index in [0.717, 1.165) is 9.87 Å². The normalized spacial score (nSPS) is 12.5. The summed E-state index contributed by atoms with van der Waals surface area (Å²) in [6.07, 6.45) is -2.60. The number of amides is 1. The van der Waals surface area contributed by atoms with Crippen LogP contribution in [0.5, 0.6) is 17.2 Å². The minimum absolute atomic E-state index is 0.0822. The molecule has 0 aliphatic heterocycles. The van der Waals surface area contributed by atoms with Gasteiger partial charge in [-0.3, -0.25) is 0 Å². The van der Waals surface area contributed by atoms with Crippen LogP contribution in [0.25, 0.3) is 33.5 Å². The van der Waals surface area contributed by atoms with Gasteiger partial charge in [0, 0.05) is 25.2 Å². The number of aromatic nitrogens is 6. The van der Waals surface area contributed by atoms with E-state index in [0.29, 0.717) is 45.0 Å². The number of methoxy groups -OCH3 is 3.